The highest BCUT2D eigenvalue weighted by Gasteiger charge is 2.20. The molecule has 96 valence electrons. The van der Waals surface area contributed by atoms with Gasteiger partial charge in [0.25, 0.3) is 0 Å². The number of ether oxygens (including phenoxy) is 1. The Morgan fingerprint density at radius 2 is 2.06 bits per heavy atom. The van der Waals surface area contributed by atoms with Gasteiger partial charge >= 0.3 is 6.09 Å². The monoisotopic (exact) mass is 367 g/mol. The predicted octanol–water partition coefficient (Wildman–Crippen LogP) is 4.17. The number of amides is 1. The molecule has 1 aromatic heterocycles. The van der Waals surface area contributed by atoms with Gasteiger partial charge in [-0.05, 0) is 58.7 Å². The molecular weight excluding hydrogens is 354 g/mol. The first kappa shape index (κ1) is 14.6. The SMILES string of the molecule is CN(Cc1cc(Br)c(Br)o1)C(=O)OC(C)(C)C. The van der Waals surface area contributed by atoms with Crippen molar-refractivity contribution in [2.45, 2.75) is 32.9 Å². The first-order valence-corrected chi connectivity index (χ1v) is 6.65. The van der Waals surface area contributed by atoms with Crippen LogP contribution >= 0.6 is 31.9 Å². The molecule has 1 aromatic rings. The Morgan fingerprint density at radius 3 is 2.47 bits per heavy atom. The molecule has 0 saturated heterocycles. The molecule has 1 amide bonds. The van der Waals surface area contributed by atoms with Gasteiger partial charge in [0.15, 0.2) is 4.67 Å². The van der Waals surface area contributed by atoms with E-state index in [0.717, 1.165) is 4.47 Å². The van der Waals surface area contributed by atoms with E-state index in [2.05, 4.69) is 31.9 Å². The van der Waals surface area contributed by atoms with Gasteiger partial charge in [-0.2, -0.15) is 0 Å². The Morgan fingerprint density at radius 1 is 1.47 bits per heavy atom. The van der Waals surface area contributed by atoms with Gasteiger partial charge in [0, 0.05) is 7.05 Å². The Hall–Kier alpha value is -0.490. The fraction of sp³-hybridized carbons (Fsp3) is 0.545. The van der Waals surface area contributed by atoms with E-state index < -0.39 is 5.60 Å². The van der Waals surface area contributed by atoms with Crippen LogP contribution in [0.25, 0.3) is 0 Å². The summed E-state index contributed by atoms with van der Waals surface area (Å²) < 4.78 is 12.1. The van der Waals surface area contributed by atoms with E-state index in [0.29, 0.717) is 17.0 Å². The molecule has 4 nitrogen and oxygen atoms in total. The Bertz CT molecular complexity index is 390. The molecule has 0 spiro atoms. The van der Waals surface area contributed by atoms with Crippen molar-refractivity contribution >= 4 is 38.0 Å². The van der Waals surface area contributed by atoms with Gasteiger partial charge in [-0.3, -0.25) is 0 Å². The first-order chi connectivity index (χ1) is 7.69. The highest BCUT2D eigenvalue weighted by molar-refractivity contribution is 9.13. The van der Waals surface area contributed by atoms with E-state index in [4.69, 9.17) is 9.15 Å². The summed E-state index contributed by atoms with van der Waals surface area (Å²) in [5, 5.41) is 0. The zero-order valence-corrected chi connectivity index (χ0v) is 13.4. The van der Waals surface area contributed by atoms with Gasteiger partial charge in [0.2, 0.25) is 0 Å². The van der Waals surface area contributed by atoms with Crippen LogP contribution < -0.4 is 0 Å². The van der Waals surface area contributed by atoms with Crippen molar-refractivity contribution in [1.82, 2.24) is 4.90 Å². The minimum Gasteiger partial charge on any atom is -0.451 e. The molecule has 0 aliphatic heterocycles. The Balaban J connectivity index is 2.60. The van der Waals surface area contributed by atoms with E-state index in [9.17, 15) is 4.79 Å². The number of furan rings is 1. The number of carbonyl (C=O) groups excluding carboxylic acids is 1. The van der Waals surface area contributed by atoms with Crippen molar-refractivity contribution in [3.05, 3.63) is 21.0 Å². The molecule has 0 aliphatic carbocycles. The van der Waals surface area contributed by atoms with Crippen LogP contribution in [0, 0.1) is 0 Å². The van der Waals surface area contributed by atoms with Crippen molar-refractivity contribution in [1.29, 1.82) is 0 Å². The first-order valence-electron chi connectivity index (χ1n) is 5.07. The molecule has 17 heavy (non-hydrogen) atoms. The highest BCUT2D eigenvalue weighted by atomic mass is 79.9. The Kier molecular flexibility index (Phi) is 4.66. The summed E-state index contributed by atoms with van der Waals surface area (Å²) in [4.78, 5) is 13.2. The fourth-order valence-electron chi connectivity index (χ4n) is 1.11. The minimum absolute atomic E-state index is 0.360. The van der Waals surface area contributed by atoms with Crippen LogP contribution in [0.3, 0.4) is 0 Å². The lowest BCUT2D eigenvalue weighted by Crippen LogP contribution is -2.33. The molecule has 0 atom stereocenters. The van der Waals surface area contributed by atoms with E-state index in [-0.39, 0.29) is 6.09 Å². The van der Waals surface area contributed by atoms with Crippen molar-refractivity contribution in [3.8, 4) is 0 Å². The zero-order chi connectivity index (χ0) is 13.2. The second kappa shape index (κ2) is 5.44. The van der Waals surface area contributed by atoms with Gasteiger partial charge in [0.05, 0.1) is 11.0 Å². The summed E-state index contributed by atoms with van der Waals surface area (Å²) >= 11 is 6.56. The van der Waals surface area contributed by atoms with E-state index >= 15 is 0 Å². The number of halogens is 2. The summed E-state index contributed by atoms with van der Waals surface area (Å²) in [7, 11) is 1.67. The third kappa shape index (κ3) is 4.71. The third-order valence-electron chi connectivity index (χ3n) is 1.79. The molecule has 0 aliphatic rings. The quantitative estimate of drug-likeness (QED) is 0.786. The Labute approximate surface area is 118 Å². The highest BCUT2D eigenvalue weighted by Crippen LogP contribution is 2.27. The van der Waals surface area contributed by atoms with Crippen LogP contribution in [-0.4, -0.2) is 23.6 Å². The lowest BCUT2D eigenvalue weighted by molar-refractivity contribution is 0.0274. The second-order valence-corrected chi connectivity index (χ2v) is 6.25. The summed E-state index contributed by atoms with van der Waals surface area (Å²) in [5.41, 5.74) is -0.490. The minimum atomic E-state index is -0.490. The van der Waals surface area contributed by atoms with E-state index in [1.165, 1.54) is 4.90 Å². The van der Waals surface area contributed by atoms with Crippen LogP contribution in [0.5, 0.6) is 0 Å². The molecule has 0 N–H and O–H groups in total. The van der Waals surface area contributed by atoms with Crippen LogP contribution in [0.4, 0.5) is 4.79 Å². The number of nitrogens with zero attached hydrogens (tertiary/aromatic N) is 1. The number of carbonyl (C=O) groups is 1. The standard InChI is InChI=1S/C11H15Br2NO3/c1-11(2,3)17-10(15)14(4)6-7-5-8(12)9(13)16-7/h5H,6H2,1-4H3. The van der Waals surface area contributed by atoms with Gasteiger partial charge in [-0.25, -0.2) is 4.79 Å². The molecule has 0 bridgehead atoms. The van der Waals surface area contributed by atoms with Gasteiger partial charge in [-0.15, -0.1) is 0 Å². The average Bonchev–Trinajstić information content (AvgIpc) is 2.42. The van der Waals surface area contributed by atoms with Gasteiger partial charge in [0.1, 0.15) is 11.4 Å². The van der Waals surface area contributed by atoms with Crippen LogP contribution in [0.2, 0.25) is 0 Å². The zero-order valence-electron chi connectivity index (χ0n) is 10.2. The van der Waals surface area contributed by atoms with E-state index in [1.807, 2.05) is 26.8 Å². The molecule has 0 unspecified atom stereocenters. The second-order valence-electron chi connectivity index (χ2n) is 4.67. The summed E-state index contributed by atoms with van der Waals surface area (Å²) in [6.45, 7) is 5.86. The molecule has 6 heteroatoms. The largest absolute Gasteiger partial charge is 0.451 e. The van der Waals surface area contributed by atoms with Gasteiger partial charge in [-0.1, -0.05) is 0 Å². The van der Waals surface area contributed by atoms with Crippen molar-refractivity contribution in [2.75, 3.05) is 7.05 Å². The number of rotatable bonds is 2. The van der Waals surface area contributed by atoms with Crippen molar-refractivity contribution < 1.29 is 13.9 Å². The van der Waals surface area contributed by atoms with E-state index in [1.54, 1.807) is 7.05 Å². The fourth-order valence-corrected chi connectivity index (χ4v) is 1.77. The molecule has 1 rings (SSSR count). The molecule has 0 saturated carbocycles. The van der Waals surface area contributed by atoms with Crippen LogP contribution in [0.15, 0.2) is 19.6 Å². The van der Waals surface area contributed by atoms with Crippen molar-refractivity contribution in [2.24, 2.45) is 0 Å². The molecular formula is C11H15Br2NO3. The molecule has 0 radical (unpaired) electrons. The topological polar surface area (TPSA) is 42.7 Å². The smallest absolute Gasteiger partial charge is 0.410 e. The third-order valence-corrected chi connectivity index (χ3v) is 3.50. The normalized spacial score (nSPS) is 11.4. The van der Waals surface area contributed by atoms with Crippen LogP contribution in [-0.2, 0) is 11.3 Å². The maximum Gasteiger partial charge on any atom is 0.410 e. The number of hydrogen-bond donors (Lipinski definition) is 0. The predicted molar refractivity (Wildman–Crippen MR) is 71.8 cm³/mol. The lowest BCUT2D eigenvalue weighted by atomic mass is 10.2. The lowest BCUT2D eigenvalue weighted by Gasteiger charge is -2.24. The number of hydrogen-bond acceptors (Lipinski definition) is 3. The average molecular weight is 369 g/mol. The summed E-state index contributed by atoms with van der Waals surface area (Å²) in [6, 6.07) is 1.81. The molecule has 0 aromatic carbocycles. The maximum atomic E-state index is 11.7. The summed E-state index contributed by atoms with van der Waals surface area (Å²) in [6.07, 6.45) is -0.374. The van der Waals surface area contributed by atoms with Gasteiger partial charge < -0.3 is 14.1 Å². The molecule has 1 heterocycles. The maximum absolute atomic E-state index is 11.7. The van der Waals surface area contributed by atoms with Crippen LogP contribution in [0.1, 0.15) is 26.5 Å². The van der Waals surface area contributed by atoms with Crippen molar-refractivity contribution in [3.63, 3.8) is 0 Å². The summed E-state index contributed by atoms with van der Waals surface area (Å²) in [5.74, 6) is 0.678. The molecule has 0 fully saturated rings.